The van der Waals surface area contributed by atoms with E-state index in [1.807, 2.05) is 27.7 Å². The SMILES string of the molecule is CCOc1ccc(S(=O)(=O)N(CC(=O)Nc2ccccc2C(=O)N[C@H](C)CC)c2ccc(C)cc2)cc1. The molecule has 3 aromatic rings. The summed E-state index contributed by atoms with van der Waals surface area (Å²) in [6.07, 6.45) is 0.759. The number of hydrogen-bond donors (Lipinski definition) is 2. The van der Waals surface area contributed by atoms with Gasteiger partial charge in [-0.1, -0.05) is 36.8 Å². The van der Waals surface area contributed by atoms with E-state index in [1.165, 1.54) is 12.1 Å². The number of ether oxygens (including phenoxy) is 1. The maximum absolute atomic E-state index is 13.6. The summed E-state index contributed by atoms with van der Waals surface area (Å²) in [5.74, 6) is -0.352. The Morgan fingerprint density at radius 1 is 0.946 bits per heavy atom. The third kappa shape index (κ3) is 7.10. The summed E-state index contributed by atoms with van der Waals surface area (Å²) in [7, 11) is -4.09. The monoisotopic (exact) mass is 523 g/mol. The van der Waals surface area contributed by atoms with E-state index >= 15 is 0 Å². The first kappa shape index (κ1) is 27.7. The maximum Gasteiger partial charge on any atom is 0.264 e. The standard InChI is InChI=1S/C28H33N3O5S/c1-5-21(4)29-28(33)25-9-7-8-10-26(25)30-27(32)19-31(22-13-11-20(3)12-14-22)37(34,35)24-17-15-23(16-18-24)36-6-2/h7-18,21H,5-6,19H2,1-4H3,(H,29,33)(H,30,32)/t21-/m1/s1. The number of anilines is 2. The van der Waals surface area contributed by atoms with Crippen molar-refractivity contribution < 1.29 is 22.7 Å². The number of rotatable bonds is 11. The lowest BCUT2D eigenvalue weighted by molar-refractivity contribution is -0.114. The minimum Gasteiger partial charge on any atom is -0.494 e. The van der Waals surface area contributed by atoms with Crippen LogP contribution in [0.1, 0.15) is 43.1 Å². The molecule has 0 fully saturated rings. The Morgan fingerprint density at radius 3 is 2.22 bits per heavy atom. The summed E-state index contributed by atoms with van der Waals surface area (Å²) in [5.41, 5.74) is 1.90. The third-order valence-electron chi connectivity index (χ3n) is 5.77. The van der Waals surface area contributed by atoms with Gasteiger partial charge >= 0.3 is 0 Å². The Labute approximate surface area is 218 Å². The van der Waals surface area contributed by atoms with Crippen LogP contribution in [0.3, 0.4) is 0 Å². The Hall–Kier alpha value is -3.85. The van der Waals surface area contributed by atoms with Crippen molar-refractivity contribution in [2.24, 2.45) is 0 Å². The average Bonchev–Trinajstić information content (AvgIpc) is 2.88. The van der Waals surface area contributed by atoms with E-state index in [4.69, 9.17) is 4.74 Å². The van der Waals surface area contributed by atoms with Crippen molar-refractivity contribution in [1.29, 1.82) is 0 Å². The van der Waals surface area contributed by atoms with Crippen LogP contribution in [0.2, 0.25) is 0 Å². The van der Waals surface area contributed by atoms with Crippen LogP contribution in [0, 0.1) is 6.92 Å². The van der Waals surface area contributed by atoms with Gasteiger partial charge in [0, 0.05) is 6.04 Å². The molecule has 0 spiro atoms. The molecule has 0 bridgehead atoms. The van der Waals surface area contributed by atoms with Crippen LogP contribution in [0.5, 0.6) is 5.75 Å². The molecular weight excluding hydrogens is 490 g/mol. The molecule has 196 valence electrons. The van der Waals surface area contributed by atoms with E-state index in [0.717, 1.165) is 16.3 Å². The van der Waals surface area contributed by atoms with Crippen LogP contribution in [0.4, 0.5) is 11.4 Å². The van der Waals surface area contributed by atoms with Crippen molar-refractivity contribution >= 4 is 33.2 Å². The van der Waals surface area contributed by atoms with E-state index in [1.54, 1.807) is 60.7 Å². The van der Waals surface area contributed by atoms with Crippen LogP contribution >= 0.6 is 0 Å². The molecule has 0 saturated carbocycles. The fourth-order valence-corrected chi connectivity index (χ4v) is 4.96. The number of para-hydroxylation sites is 1. The zero-order valence-corrected chi connectivity index (χ0v) is 22.3. The molecule has 2 N–H and O–H groups in total. The predicted octanol–water partition coefficient (Wildman–Crippen LogP) is 4.76. The average molecular weight is 524 g/mol. The van der Waals surface area contributed by atoms with Crippen LogP contribution in [0.25, 0.3) is 0 Å². The van der Waals surface area contributed by atoms with E-state index in [0.29, 0.717) is 29.3 Å². The number of carbonyl (C=O) groups is 2. The van der Waals surface area contributed by atoms with Crippen LogP contribution in [-0.2, 0) is 14.8 Å². The highest BCUT2D eigenvalue weighted by Crippen LogP contribution is 2.26. The van der Waals surface area contributed by atoms with E-state index < -0.39 is 22.5 Å². The number of sulfonamides is 1. The lowest BCUT2D eigenvalue weighted by atomic mass is 10.1. The molecule has 0 saturated heterocycles. The van der Waals surface area contributed by atoms with Crippen molar-refractivity contribution in [3.05, 3.63) is 83.9 Å². The molecule has 0 aromatic heterocycles. The lowest BCUT2D eigenvalue weighted by Gasteiger charge is -2.24. The molecule has 1 atom stereocenters. The summed E-state index contributed by atoms with van der Waals surface area (Å²) >= 11 is 0. The number of nitrogens with zero attached hydrogens (tertiary/aromatic N) is 1. The molecule has 2 amide bonds. The molecule has 0 unspecified atom stereocenters. The van der Waals surface area contributed by atoms with Gasteiger partial charge in [0.1, 0.15) is 12.3 Å². The zero-order chi connectivity index (χ0) is 27.0. The van der Waals surface area contributed by atoms with Gasteiger partial charge in [0.25, 0.3) is 15.9 Å². The van der Waals surface area contributed by atoms with E-state index in [-0.39, 0.29) is 16.8 Å². The number of aryl methyl sites for hydroxylation is 1. The quantitative estimate of drug-likeness (QED) is 0.377. The molecule has 8 nitrogen and oxygen atoms in total. The second-order valence-corrected chi connectivity index (χ2v) is 10.5. The Kier molecular flexibility index (Phi) is 9.30. The van der Waals surface area contributed by atoms with Crippen molar-refractivity contribution in [2.45, 2.75) is 45.1 Å². The number of amides is 2. The Morgan fingerprint density at radius 2 is 1.59 bits per heavy atom. The molecule has 0 aliphatic heterocycles. The number of nitrogens with one attached hydrogen (secondary N) is 2. The first-order valence-corrected chi connectivity index (χ1v) is 13.6. The summed E-state index contributed by atoms with van der Waals surface area (Å²) in [6.45, 7) is 7.56. The number of carbonyl (C=O) groups excluding carboxylic acids is 2. The smallest absolute Gasteiger partial charge is 0.264 e. The highest BCUT2D eigenvalue weighted by molar-refractivity contribution is 7.92. The minimum atomic E-state index is -4.09. The van der Waals surface area contributed by atoms with Gasteiger partial charge in [-0.25, -0.2) is 8.42 Å². The Bertz CT molecular complexity index is 1320. The van der Waals surface area contributed by atoms with Gasteiger partial charge in [0.2, 0.25) is 5.91 Å². The first-order chi connectivity index (χ1) is 17.6. The first-order valence-electron chi connectivity index (χ1n) is 12.2. The topological polar surface area (TPSA) is 105 Å². The van der Waals surface area contributed by atoms with Gasteiger partial charge in [0.15, 0.2) is 0 Å². The second-order valence-electron chi connectivity index (χ2n) is 8.63. The van der Waals surface area contributed by atoms with Crippen LogP contribution < -0.4 is 19.7 Å². The predicted molar refractivity (Wildman–Crippen MR) is 146 cm³/mol. The number of hydrogen-bond acceptors (Lipinski definition) is 5. The highest BCUT2D eigenvalue weighted by atomic mass is 32.2. The summed E-state index contributed by atoms with van der Waals surface area (Å²) in [6, 6.07) is 19.5. The molecule has 0 radical (unpaired) electrons. The summed E-state index contributed by atoms with van der Waals surface area (Å²) in [5, 5.41) is 5.60. The molecule has 3 aromatic carbocycles. The molecule has 9 heteroatoms. The van der Waals surface area contributed by atoms with Gasteiger partial charge in [-0.05, 0) is 75.7 Å². The van der Waals surface area contributed by atoms with Gasteiger partial charge in [-0.3, -0.25) is 13.9 Å². The number of benzene rings is 3. The van der Waals surface area contributed by atoms with Crippen LogP contribution in [0.15, 0.2) is 77.7 Å². The lowest BCUT2D eigenvalue weighted by Crippen LogP contribution is -2.38. The van der Waals surface area contributed by atoms with Crippen molar-refractivity contribution in [3.8, 4) is 5.75 Å². The van der Waals surface area contributed by atoms with Gasteiger partial charge < -0.3 is 15.4 Å². The van der Waals surface area contributed by atoms with Crippen molar-refractivity contribution in [3.63, 3.8) is 0 Å². The van der Waals surface area contributed by atoms with Gasteiger partial charge in [0.05, 0.1) is 28.4 Å². The van der Waals surface area contributed by atoms with Crippen molar-refractivity contribution in [1.82, 2.24) is 5.32 Å². The fraction of sp³-hybridized carbons (Fsp3) is 0.286. The molecule has 37 heavy (non-hydrogen) atoms. The highest BCUT2D eigenvalue weighted by Gasteiger charge is 2.28. The molecular formula is C28H33N3O5S. The normalized spacial score (nSPS) is 11.9. The molecule has 0 aliphatic rings. The zero-order valence-electron chi connectivity index (χ0n) is 21.5. The fourth-order valence-electron chi connectivity index (χ4n) is 3.54. The molecule has 0 heterocycles. The van der Waals surface area contributed by atoms with Crippen molar-refractivity contribution in [2.75, 3.05) is 22.8 Å². The molecule has 0 aliphatic carbocycles. The maximum atomic E-state index is 13.6. The van der Waals surface area contributed by atoms with Gasteiger partial charge in [-0.2, -0.15) is 0 Å². The minimum absolute atomic E-state index is 0.0256. The summed E-state index contributed by atoms with van der Waals surface area (Å²) in [4.78, 5) is 25.9. The van der Waals surface area contributed by atoms with Crippen LogP contribution in [-0.4, -0.2) is 39.4 Å². The summed E-state index contributed by atoms with van der Waals surface area (Å²) < 4.78 is 33.8. The second kappa shape index (κ2) is 12.4. The van der Waals surface area contributed by atoms with E-state index in [2.05, 4.69) is 10.6 Å². The van der Waals surface area contributed by atoms with Gasteiger partial charge in [-0.15, -0.1) is 0 Å². The molecule has 3 rings (SSSR count). The van der Waals surface area contributed by atoms with E-state index in [9.17, 15) is 18.0 Å². The largest absolute Gasteiger partial charge is 0.494 e. The Balaban J connectivity index is 1.90. The third-order valence-corrected chi connectivity index (χ3v) is 7.56.